The molecule has 3 rings (SSSR count). The SMILES string of the molecule is CC1(N)CCCCC1c1nc(-c2cc(Br)cs2)no1. The summed E-state index contributed by atoms with van der Waals surface area (Å²) in [7, 11) is 0. The number of hydrogen-bond acceptors (Lipinski definition) is 5. The first-order valence-corrected chi connectivity index (χ1v) is 8.10. The summed E-state index contributed by atoms with van der Waals surface area (Å²) in [4.78, 5) is 5.56. The number of hydrogen-bond donors (Lipinski definition) is 1. The number of thiophene rings is 1. The minimum absolute atomic E-state index is 0.172. The molecule has 1 saturated carbocycles. The highest BCUT2D eigenvalue weighted by atomic mass is 79.9. The quantitative estimate of drug-likeness (QED) is 0.898. The normalized spacial score (nSPS) is 27.6. The summed E-state index contributed by atoms with van der Waals surface area (Å²) in [6, 6.07) is 2.00. The Kier molecular flexibility index (Phi) is 3.49. The first kappa shape index (κ1) is 13.3. The van der Waals surface area contributed by atoms with Crippen LogP contribution < -0.4 is 5.73 Å². The van der Waals surface area contributed by atoms with Crippen LogP contribution in [-0.4, -0.2) is 15.7 Å². The molecule has 0 saturated heterocycles. The van der Waals surface area contributed by atoms with Crippen LogP contribution in [0.15, 0.2) is 20.4 Å². The zero-order valence-corrected chi connectivity index (χ0v) is 13.1. The molecule has 2 heterocycles. The van der Waals surface area contributed by atoms with Crippen molar-refractivity contribution in [3.05, 3.63) is 21.8 Å². The number of halogens is 1. The lowest BCUT2D eigenvalue weighted by atomic mass is 9.74. The maximum absolute atomic E-state index is 6.37. The maximum Gasteiger partial charge on any atom is 0.231 e. The van der Waals surface area contributed by atoms with Crippen molar-refractivity contribution in [2.45, 2.75) is 44.1 Å². The van der Waals surface area contributed by atoms with Crippen LogP contribution in [0.4, 0.5) is 0 Å². The molecule has 19 heavy (non-hydrogen) atoms. The fraction of sp³-hybridized carbons (Fsp3) is 0.538. The largest absolute Gasteiger partial charge is 0.339 e. The van der Waals surface area contributed by atoms with E-state index >= 15 is 0 Å². The molecule has 2 aromatic rings. The average molecular weight is 342 g/mol. The van der Waals surface area contributed by atoms with Crippen molar-refractivity contribution in [3.63, 3.8) is 0 Å². The topological polar surface area (TPSA) is 64.9 Å². The number of rotatable bonds is 2. The molecule has 2 aromatic heterocycles. The smallest absolute Gasteiger partial charge is 0.231 e. The van der Waals surface area contributed by atoms with E-state index in [2.05, 4.69) is 33.0 Å². The second-order valence-corrected chi connectivity index (χ2v) is 7.22. The Morgan fingerprint density at radius 3 is 3.05 bits per heavy atom. The van der Waals surface area contributed by atoms with Gasteiger partial charge < -0.3 is 10.3 Å². The van der Waals surface area contributed by atoms with E-state index in [0.717, 1.165) is 22.2 Å². The predicted octanol–water partition coefficient (Wildman–Crippen LogP) is 3.94. The van der Waals surface area contributed by atoms with E-state index < -0.39 is 0 Å². The molecule has 4 nitrogen and oxygen atoms in total. The fourth-order valence-electron chi connectivity index (χ4n) is 2.67. The van der Waals surface area contributed by atoms with Crippen LogP contribution in [0.2, 0.25) is 0 Å². The van der Waals surface area contributed by atoms with Gasteiger partial charge in [-0.15, -0.1) is 11.3 Å². The lowest BCUT2D eigenvalue weighted by Gasteiger charge is -2.35. The van der Waals surface area contributed by atoms with Crippen LogP contribution in [0.25, 0.3) is 10.7 Å². The van der Waals surface area contributed by atoms with Crippen molar-refractivity contribution in [2.75, 3.05) is 0 Å². The summed E-state index contributed by atoms with van der Waals surface area (Å²) >= 11 is 5.03. The molecule has 2 unspecified atom stereocenters. The Labute approximate surface area is 124 Å². The summed E-state index contributed by atoms with van der Waals surface area (Å²) in [6.45, 7) is 2.09. The third kappa shape index (κ3) is 2.61. The van der Waals surface area contributed by atoms with Crippen molar-refractivity contribution >= 4 is 27.3 Å². The van der Waals surface area contributed by atoms with Gasteiger partial charge in [-0.2, -0.15) is 4.98 Å². The van der Waals surface area contributed by atoms with Crippen molar-refractivity contribution < 1.29 is 4.52 Å². The fourth-order valence-corrected chi connectivity index (χ4v) is 4.02. The van der Waals surface area contributed by atoms with Gasteiger partial charge in [0.15, 0.2) is 0 Å². The van der Waals surface area contributed by atoms with Gasteiger partial charge in [-0.25, -0.2) is 0 Å². The summed E-state index contributed by atoms with van der Waals surface area (Å²) in [5.74, 6) is 1.52. The Hall–Kier alpha value is -0.720. The first-order valence-electron chi connectivity index (χ1n) is 6.43. The van der Waals surface area contributed by atoms with Gasteiger partial charge in [0.2, 0.25) is 11.7 Å². The van der Waals surface area contributed by atoms with Gasteiger partial charge in [-0.1, -0.05) is 18.0 Å². The van der Waals surface area contributed by atoms with Crippen LogP contribution in [0.3, 0.4) is 0 Å². The second kappa shape index (κ2) is 5.00. The van der Waals surface area contributed by atoms with Crippen molar-refractivity contribution in [3.8, 4) is 10.7 Å². The molecule has 2 N–H and O–H groups in total. The molecule has 0 amide bonds. The van der Waals surface area contributed by atoms with Crippen molar-refractivity contribution in [1.29, 1.82) is 0 Å². The molecule has 0 aliphatic heterocycles. The first-order chi connectivity index (χ1) is 9.06. The van der Waals surface area contributed by atoms with Crippen LogP contribution in [0.5, 0.6) is 0 Å². The highest BCUT2D eigenvalue weighted by Gasteiger charge is 2.37. The minimum Gasteiger partial charge on any atom is -0.339 e. The van der Waals surface area contributed by atoms with Crippen LogP contribution >= 0.6 is 27.3 Å². The highest BCUT2D eigenvalue weighted by Crippen LogP contribution is 2.39. The monoisotopic (exact) mass is 341 g/mol. The van der Waals surface area contributed by atoms with Gasteiger partial charge in [-0.3, -0.25) is 0 Å². The zero-order chi connectivity index (χ0) is 13.5. The number of nitrogens with two attached hydrogens (primary N) is 1. The summed E-state index contributed by atoms with van der Waals surface area (Å²) in [6.07, 6.45) is 4.41. The van der Waals surface area contributed by atoms with Gasteiger partial charge in [0.05, 0.1) is 10.8 Å². The zero-order valence-electron chi connectivity index (χ0n) is 10.7. The molecule has 2 atom stereocenters. The molecule has 0 aromatic carbocycles. The third-order valence-electron chi connectivity index (χ3n) is 3.78. The summed E-state index contributed by atoms with van der Waals surface area (Å²) < 4.78 is 6.50. The van der Waals surface area contributed by atoms with Gasteiger partial charge in [0, 0.05) is 15.4 Å². The summed E-state index contributed by atoms with van der Waals surface area (Å²) in [5, 5.41) is 6.10. The van der Waals surface area contributed by atoms with Crippen LogP contribution in [-0.2, 0) is 0 Å². The standard InChI is InChI=1S/C13H16BrN3OS/c1-13(15)5-3-2-4-9(13)12-16-11(17-18-12)10-6-8(14)7-19-10/h6-7,9H,2-5,15H2,1H3. The average Bonchev–Trinajstić information content (AvgIpc) is 2.97. The molecule has 0 radical (unpaired) electrons. The Bertz CT molecular complexity index is 578. The van der Waals surface area contributed by atoms with E-state index in [1.807, 2.05) is 11.4 Å². The Morgan fingerprint density at radius 1 is 1.53 bits per heavy atom. The predicted molar refractivity (Wildman–Crippen MR) is 79.1 cm³/mol. The molecule has 0 bridgehead atoms. The van der Waals surface area contributed by atoms with Gasteiger partial charge >= 0.3 is 0 Å². The third-order valence-corrected chi connectivity index (χ3v) is 5.47. The molecule has 1 fully saturated rings. The molecule has 0 spiro atoms. The minimum atomic E-state index is -0.238. The van der Waals surface area contributed by atoms with E-state index in [1.54, 1.807) is 11.3 Å². The van der Waals surface area contributed by atoms with Gasteiger partial charge in [-0.05, 0) is 41.8 Å². The molecular weight excluding hydrogens is 326 g/mol. The Balaban J connectivity index is 1.88. The number of nitrogens with zero attached hydrogens (tertiary/aromatic N) is 2. The highest BCUT2D eigenvalue weighted by molar-refractivity contribution is 9.10. The summed E-state index contributed by atoms with van der Waals surface area (Å²) in [5.41, 5.74) is 6.14. The van der Waals surface area contributed by atoms with E-state index in [1.165, 1.54) is 12.8 Å². The lowest BCUT2D eigenvalue weighted by Crippen LogP contribution is -2.44. The van der Waals surface area contributed by atoms with Gasteiger partial charge in [0.1, 0.15) is 0 Å². The molecule has 102 valence electrons. The van der Waals surface area contributed by atoms with Crippen molar-refractivity contribution in [2.24, 2.45) is 5.73 Å². The molecular formula is C13H16BrN3OS. The molecule has 1 aliphatic rings. The Morgan fingerprint density at radius 2 is 2.37 bits per heavy atom. The van der Waals surface area contributed by atoms with Gasteiger partial charge in [0.25, 0.3) is 0 Å². The van der Waals surface area contributed by atoms with E-state index in [0.29, 0.717) is 11.7 Å². The van der Waals surface area contributed by atoms with Crippen molar-refractivity contribution in [1.82, 2.24) is 10.1 Å². The number of aromatic nitrogens is 2. The molecule has 6 heteroatoms. The lowest BCUT2D eigenvalue weighted by molar-refractivity contribution is 0.223. The van der Waals surface area contributed by atoms with Crippen LogP contribution in [0.1, 0.15) is 44.4 Å². The maximum atomic E-state index is 6.37. The molecule has 1 aliphatic carbocycles. The van der Waals surface area contributed by atoms with E-state index in [9.17, 15) is 0 Å². The van der Waals surface area contributed by atoms with E-state index in [-0.39, 0.29) is 11.5 Å². The van der Waals surface area contributed by atoms with E-state index in [4.69, 9.17) is 10.3 Å². The second-order valence-electron chi connectivity index (χ2n) is 5.39. The van der Waals surface area contributed by atoms with Crippen LogP contribution in [0, 0.1) is 0 Å².